The number of anilines is 1. The standard InChI is InChI=1S/C21H25N3O2S/c25-21(19-7-4-12-24(19)16-9-13-27-14-10-16)23-18-6-1-2-8-20(18)26-17-5-3-11-22-15-17/h1-3,5-6,8,11,15-16,19H,4,7,9-10,12-14H2,(H,23,25)/t19-/m0/s1. The highest BCUT2D eigenvalue weighted by Crippen LogP contribution is 2.32. The molecule has 0 aliphatic carbocycles. The second kappa shape index (κ2) is 8.76. The van der Waals surface area contributed by atoms with Crippen molar-refractivity contribution in [3.8, 4) is 11.5 Å². The molecule has 0 bridgehead atoms. The molecule has 2 aromatic rings. The van der Waals surface area contributed by atoms with Crippen molar-refractivity contribution < 1.29 is 9.53 Å². The van der Waals surface area contributed by atoms with Crippen molar-refractivity contribution in [2.45, 2.75) is 37.8 Å². The summed E-state index contributed by atoms with van der Waals surface area (Å²) in [5.41, 5.74) is 0.706. The van der Waals surface area contributed by atoms with Crippen LogP contribution in [-0.2, 0) is 4.79 Å². The smallest absolute Gasteiger partial charge is 0.241 e. The highest BCUT2D eigenvalue weighted by Gasteiger charge is 2.36. The Morgan fingerprint density at radius 3 is 2.81 bits per heavy atom. The lowest BCUT2D eigenvalue weighted by atomic mass is 10.1. The van der Waals surface area contributed by atoms with E-state index < -0.39 is 0 Å². The highest BCUT2D eigenvalue weighted by atomic mass is 32.2. The topological polar surface area (TPSA) is 54.5 Å². The van der Waals surface area contributed by atoms with Gasteiger partial charge in [0.2, 0.25) is 5.91 Å². The Morgan fingerprint density at radius 1 is 1.15 bits per heavy atom. The zero-order valence-electron chi connectivity index (χ0n) is 15.3. The van der Waals surface area contributed by atoms with Crippen LogP contribution in [0.2, 0.25) is 0 Å². The fourth-order valence-electron chi connectivity index (χ4n) is 3.93. The molecule has 0 radical (unpaired) electrons. The van der Waals surface area contributed by atoms with Crippen LogP contribution in [0.25, 0.3) is 0 Å². The zero-order valence-corrected chi connectivity index (χ0v) is 16.2. The molecule has 1 N–H and O–H groups in total. The Bertz CT molecular complexity index is 765. The SMILES string of the molecule is O=C(Nc1ccccc1Oc1cccnc1)[C@@H]1CCCN1C1CCSCC1. The number of hydrogen-bond donors (Lipinski definition) is 1. The summed E-state index contributed by atoms with van der Waals surface area (Å²) in [5, 5.41) is 3.11. The molecule has 2 aliphatic rings. The average Bonchev–Trinajstić information content (AvgIpc) is 3.21. The van der Waals surface area contributed by atoms with Crippen LogP contribution in [0, 0.1) is 0 Å². The van der Waals surface area contributed by atoms with Gasteiger partial charge in [0.15, 0.2) is 5.75 Å². The van der Waals surface area contributed by atoms with Crippen LogP contribution in [-0.4, -0.2) is 45.9 Å². The third kappa shape index (κ3) is 4.45. The number of nitrogens with zero attached hydrogens (tertiary/aromatic N) is 2. The largest absolute Gasteiger partial charge is 0.454 e. The van der Waals surface area contributed by atoms with Crippen molar-refractivity contribution in [3.05, 3.63) is 48.8 Å². The van der Waals surface area contributed by atoms with Crippen LogP contribution in [0.15, 0.2) is 48.8 Å². The third-order valence-electron chi connectivity index (χ3n) is 5.26. The molecule has 4 rings (SSSR count). The van der Waals surface area contributed by atoms with Crippen molar-refractivity contribution in [1.82, 2.24) is 9.88 Å². The van der Waals surface area contributed by atoms with Crippen LogP contribution >= 0.6 is 11.8 Å². The fourth-order valence-corrected chi connectivity index (χ4v) is 5.02. The van der Waals surface area contributed by atoms with Gasteiger partial charge in [-0.3, -0.25) is 14.7 Å². The maximum atomic E-state index is 13.0. The minimum atomic E-state index is -0.0375. The van der Waals surface area contributed by atoms with E-state index in [0.717, 1.165) is 19.4 Å². The maximum Gasteiger partial charge on any atom is 0.241 e. The summed E-state index contributed by atoms with van der Waals surface area (Å²) in [6.07, 6.45) is 7.78. The molecular formula is C21H25N3O2S. The summed E-state index contributed by atoms with van der Waals surface area (Å²) in [7, 11) is 0. The molecule has 6 heteroatoms. The highest BCUT2D eigenvalue weighted by molar-refractivity contribution is 7.99. The molecule has 2 fully saturated rings. The van der Waals surface area contributed by atoms with Crippen LogP contribution in [0.5, 0.6) is 11.5 Å². The summed E-state index contributed by atoms with van der Waals surface area (Å²) >= 11 is 2.02. The molecule has 1 amide bonds. The van der Waals surface area contributed by atoms with E-state index >= 15 is 0 Å². The molecule has 0 spiro atoms. The number of carbonyl (C=O) groups excluding carboxylic acids is 1. The Morgan fingerprint density at radius 2 is 2.00 bits per heavy atom. The van der Waals surface area contributed by atoms with E-state index in [1.54, 1.807) is 12.4 Å². The van der Waals surface area contributed by atoms with Gasteiger partial charge in [-0.2, -0.15) is 11.8 Å². The number of amides is 1. The predicted octanol–water partition coefficient (Wildman–Crippen LogP) is 4.17. The van der Waals surface area contributed by atoms with Gasteiger partial charge in [0.1, 0.15) is 5.75 Å². The number of ether oxygens (including phenoxy) is 1. The van der Waals surface area contributed by atoms with E-state index in [1.165, 1.54) is 24.3 Å². The first-order chi connectivity index (χ1) is 13.3. The number of rotatable bonds is 5. The van der Waals surface area contributed by atoms with Gasteiger partial charge < -0.3 is 10.1 Å². The first kappa shape index (κ1) is 18.3. The quantitative estimate of drug-likeness (QED) is 0.840. The summed E-state index contributed by atoms with van der Waals surface area (Å²) in [6.45, 7) is 1.03. The lowest BCUT2D eigenvalue weighted by molar-refractivity contribution is -0.121. The van der Waals surface area contributed by atoms with Gasteiger partial charge in [0.25, 0.3) is 0 Å². The lowest BCUT2D eigenvalue weighted by Crippen LogP contribution is -2.46. The van der Waals surface area contributed by atoms with Gasteiger partial charge in [-0.05, 0) is 68.0 Å². The molecule has 1 aromatic carbocycles. The molecule has 0 unspecified atom stereocenters. The number of thioether (sulfide) groups is 1. The second-order valence-electron chi connectivity index (χ2n) is 7.02. The van der Waals surface area contributed by atoms with Gasteiger partial charge in [0, 0.05) is 12.2 Å². The minimum Gasteiger partial charge on any atom is -0.454 e. The van der Waals surface area contributed by atoms with Gasteiger partial charge in [0.05, 0.1) is 17.9 Å². The molecule has 142 valence electrons. The van der Waals surface area contributed by atoms with Gasteiger partial charge >= 0.3 is 0 Å². The van der Waals surface area contributed by atoms with Gasteiger partial charge in [-0.25, -0.2) is 0 Å². The number of pyridine rings is 1. The van der Waals surface area contributed by atoms with E-state index in [1.807, 2.05) is 48.2 Å². The average molecular weight is 384 g/mol. The van der Waals surface area contributed by atoms with E-state index in [9.17, 15) is 4.79 Å². The van der Waals surface area contributed by atoms with Crippen molar-refractivity contribution in [3.63, 3.8) is 0 Å². The van der Waals surface area contributed by atoms with Crippen LogP contribution < -0.4 is 10.1 Å². The molecule has 1 atom stereocenters. The summed E-state index contributed by atoms with van der Waals surface area (Å²) in [6, 6.07) is 11.8. The van der Waals surface area contributed by atoms with Crippen molar-refractivity contribution >= 4 is 23.4 Å². The Labute approximate surface area is 164 Å². The Kier molecular flexibility index (Phi) is 5.94. The second-order valence-corrected chi connectivity index (χ2v) is 8.24. The molecule has 3 heterocycles. The number of carbonyl (C=O) groups is 1. The molecule has 1 aromatic heterocycles. The normalized spacial score (nSPS) is 21.1. The summed E-state index contributed by atoms with van der Waals surface area (Å²) in [5.74, 6) is 3.78. The van der Waals surface area contributed by atoms with Crippen LogP contribution in [0.3, 0.4) is 0 Å². The van der Waals surface area contributed by atoms with E-state index in [0.29, 0.717) is 23.2 Å². The van der Waals surface area contributed by atoms with Crippen molar-refractivity contribution in [2.75, 3.05) is 23.4 Å². The van der Waals surface area contributed by atoms with Crippen LogP contribution in [0.1, 0.15) is 25.7 Å². The molecule has 2 aliphatic heterocycles. The molecular weight excluding hydrogens is 358 g/mol. The van der Waals surface area contributed by atoms with Gasteiger partial charge in [-0.1, -0.05) is 12.1 Å². The van der Waals surface area contributed by atoms with E-state index in [2.05, 4.69) is 15.2 Å². The summed E-state index contributed by atoms with van der Waals surface area (Å²) in [4.78, 5) is 19.6. The van der Waals surface area contributed by atoms with Crippen molar-refractivity contribution in [1.29, 1.82) is 0 Å². The molecule has 0 saturated carbocycles. The van der Waals surface area contributed by atoms with E-state index in [-0.39, 0.29) is 11.9 Å². The number of hydrogen-bond acceptors (Lipinski definition) is 5. The first-order valence-corrected chi connectivity index (χ1v) is 10.8. The minimum absolute atomic E-state index is 0.0375. The number of aromatic nitrogens is 1. The van der Waals surface area contributed by atoms with Crippen LogP contribution in [0.4, 0.5) is 5.69 Å². The zero-order chi connectivity index (χ0) is 18.5. The molecule has 27 heavy (non-hydrogen) atoms. The Hall–Kier alpha value is -2.05. The predicted molar refractivity (Wildman–Crippen MR) is 109 cm³/mol. The Balaban J connectivity index is 1.46. The maximum absolute atomic E-state index is 13.0. The van der Waals surface area contributed by atoms with Gasteiger partial charge in [-0.15, -0.1) is 0 Å². The number of nitrogens with one attached hydrogen (secondary N) is 1. The number of likely N-dealkylation sites (tertiary alicyclic amines) is 1. The monoisotopic (exact) mass is 383 g/mol. The van der Waals surface area contributed by atoms with Crippen molar-refractivity contribution in [2.24, 2.45) is 0 Å². The number of para-hydroxylation sites is 2. The number of benzene rings is 1. The lowest BCUT2D eigenvalue weighted by Gasteiger charge is -2.34. The first-order valence-electron chi connectivity index (χ1n) is 9.62. The molecule has 5 nitrogen and oxygen atoms in total. The summed E-state index contributed by atoms with van der Waals surface area (Å²) < 4.78 is 5.92. The van der Waals surface area contributed by atoms with E-state index in [4.69, 9.17) is 4.74 Å². The third-order valence-corrected chi connectivity index (χ3v) is 6.31. The fraction of sp³-hybridized carbons (Fsp3) is 0.429. The molecule has 2 saturated heterocycles.